The molecule has 0 fully saturated rings. The van der Waals surface area contributed by atoms with Gasteiger partial charge >= 0.3 is 0 Å². The molecule has 0 aliphatic carbocycles. The molecular weight excluding hydrogens is 226 g/mol. The molecule has 0 atom stereocenters. The Morgan fingerprint density at radius 3 is 2.71 bits per heavy atom. The van der Waals surface area contributed by atoms with E-state index < -0.39 is 11.6 Å². The van der Waals surface area contributed by atoms with E-state index in [4.69, 9.17) is 0 Å². The lowest BCUT2D eigenvalue weighted by molar-refractivity contribution is -0.130. The lowest BCUT2D eigenvalue weighted by Crippen LogP contribution is -2.29. The molecule has 0 aliphatic rings. The van der Waals surface area contributed by atoms with Gasteiger partial charge in [0.15, 0.2) is 0 Å². The summed E-state index contributed by atoms with van der Waals surface area (Å²) in [6.45, 7) is 0.726. The predicted octanol–water partition coefficient (Wildman–Crippen LogP) is 1.53. The number of rotatable bonds is 5. The zero-order chi connectivity index (χ0) is 12.8. The van der Waals surface area contributed by atoms with Gasteiger partial charge < -0.3 is 10.2 Å². The molecule has 0 saturated heterocycles. The number of benzene rings is 1. The maximum atomic E-state index is 13.3. The first-order chi connectivity index (χ1) is 8.04. The number of nitrogens with zero attached hydrogens (tertiary/aromatic N) is 1. The first-order valence-electron chi connectivity index (χ1n) is 5.37. The number of halogens is 2. The topological polar surface area (TPSA) is 32.3 Å². The molecule has 0 aliphatic heterocycles. The Balaban J connectivity index is 2.61. The van der Waals surface area contributed by atoms with Crippen molar-refractivity contribution in [3.8, 4) is 0 Å². The van der Waals surface area contributed by atoms with Crippen molar-refractivity contribution in [2.45, 2.75) is 13.0 Å². The van der Waals surface area contributed by atoms with Crippen molar-refractivity contribution in [2.24, 2.45) is 0 Å². The number of carbonyl (C=O) groups excluding carboxylic acids is 1. The fourth-order valence-corrected chi connectivity index (χ4v) is 1.42. The molecule has 5 heteroatoms. The van der Waals surface area contributed by atoms with E-state index in [1.165, 1.54) is 17.0 Å². The Bertz CT molecular complexity index is 396. The first kappa shape index (κ1) is 13.6. The van der Waals surface area contributed by atoms with Gasteiger partial charge in [-0.15, -0.1) is 0 Å². The van der Waals surface area contributed by atoms with Crippen molar-refractivity contribution in [1.29, 1.82) is 0 Å². The summed E-state index contributed by atoms with van der Waals surface area (Å²) in [5.74, 6) is -1.32. The summed E-state index contributed by atoms with van der Waals surface area (Å²) in [6.07, 6.45) is 0.357. The molecule has 0 spiro atoms. The highest BCUT2D eigenvalue weighted by atomic mass is 19.1. The third kappa shape index (κ3) is 4.11. The fourth-order valence-electron chi connectivity index (χ4n) is 1.42. The standard InChI is InChI=1S/C12H16F2N2O/c1-15-6-5-12(17)16(2)8-9-3-4-10(13)7-11(9)14/h3-4,7,15H,5-6,8H2,1-2H3. The summed E-state index contributed by atoms with van der Waals surface area (Å²) in [5.41, 5.74) is 0.312. The average molecular weight is 242 g/mol. The zero-order valence-corrected chi connectivity index (χ0v) is 9.96. The van der Waals surface area contributed by atoms with Crippen LogP contribution in [0.5, 0.6) is 0 Å². The highest BCUT2D eigenvalue weighted by molar-refractivity contribution is 5.76. The molecule has 1 amide bonds. The number of hydrogen-bond acceptors (Lipinski definition) is 2. The van der Waals surface area contributed by atoms with Crippen LogP contribution in [0, 0.1) is 11.6 Å². The van der Waals surface area contributed by atoms with Crippen LogP contribution >= 0.6 is 0 Å². The summed E-state index contributed by atoms with van der Waals surface area (Å²) in [5, 5.41) is 2.87. The lowest BCUT2D eigenvalue weighted by Gasteiger charge is -2.17. The normalized spacial score (nSPS) is 10.4. The van der Waals surface area contributed by atoms with Crippen LogP contribution in [-0.4, -0.2) is 31.4 Å². The molecule has 0 unspecified atom stereocenters. The van der Waals surface area contributed by atoms with Crippen LogP contribution in [0.25, 0.3) is 0 Å². The van der Waals surface area contributed by atoms with E-state index in [-0.39, 0.29) is 12.5 Å². The maximum absolute atomic E-state index is 13.3. The van der Waals surface area contributed by atoms with Gasteiger partial charge in [-0.05, 0) is 13.1 Å². The van der Waals surface area contributed by atoms with E-state index in [0.717, 1.165) is 6.07 Å². The van der Waals surface area contributed by atoms with E-state index in [0.29, 0.717) is 18.5 Å². The van der Waals surface area contributed by atoms with Gasteiger partial charge in [-0.3, -0.25) is 4.79 Å². The van der Waals surface area contributed by atoms with Crippen LogP contribution in [0.2, 0.25) is 0 Å². The Labute approximate surface area is 99.4 Å². The molecule has 0 heterocycles. The van der Waals surface area contributed by atoms with Gasteiger partial charge in [-0.2, -0.15) is 0 Å². The predicted molar refractivity (Wildman–Crippen MR) is 61.4 cm³/mol. The Morgan fingerprint density at radius 1 is 1.41 bits per heavy atom. The van der Waals surface area contributed by atoms with Crippen molar-refractivity contribution in [1.82, 2.24) is 10.2 Å². The molecular formula is C12H16F2N2O. The average Bonchev–Trinajstić information content (AvgIpc) is 2.29. The minimum atomic E-state index is -0.627. The van der Waals surface area contributed by atoms with E-state index in [2.05, 4.69) is 5.32 Å². The zero-order valence-electron chi connectivity index (χ0n) is 9.96. The minimum Gasteiger partial charge on any atom is -0.341 e. The molecule has 0 bridgehead atoms. The molecule has 0 aromatic heterocycles. The van der Waals surface area contributed by atoms with Crippen LogP contribution in [0.1, 0.15) is 12.0 Å². The van der Waals surface area contributed by atoms with Gasteiger partial charge in [0.2, 0.25) is 5.91 Å². The number of nitrogens with one attached hydrogen (secondary N) is 1. The first-order valence-corrected chi connectivity index (χ1v) is 5.37. The summed E-state index contributed by atoms with van der Waals surface area (Å²) in [7, 11) is 3.35. The number of amides is 1. The molecule has 0 saturated carbocycles. The summed E-state index contributed by atoms with van der Waals surface area (Å²) in [4.78, 5) is 13.0. The van der Waals surface area contributed by atoms with Crippen LogP contribution < -0.4 is 5.32 Å². The monoisotopic (exact) mass is 242 g/mol. The van der Waals surface area contributed by atoms with Crippen molar-refractivity contribution in [3.63, 3.8) is 0 Å². The molecule has 0 radical (unpaired) electrons. The second-order valence-corrected chi connectivity index (χ2v) is 3.84. The van der Waals surface area contributed by atoms with Crippen molar-refractivity contribution < 1.29 is 13.6 Å². The van der Waals surface area contributed by atoms with Gasteiger partial charge in [-0.25, -0.2) is 8.78 Å². The quantitative estimate of drug-likeness (QED) is 0.849. The SMILES string of the molecule is CNCCC(=O)N(C)Cc1ccc(F)cc1F. The van der Waals surface area contributed by atoms with Crippen molar-refractivity contribution in [3.05, 3.63) is 35.4 Å². The second-order valence-electron chi connectivity index (χ2n) is 3.84. The van der Waals surface area contributed by atoms with Gasteiger partial charge in [0.1, 0.15) is 11.6 Å². The fraction of sp³-hybridized carbons (Fsp3) is 0.417. The second kappa shape index (κ2) is 6.30. The summed E-state index contributed by atoms with van der Waals surface area (Å²) < 4.78 is 26.0. The molecule has 94 valence electrons. The molecule has 1 aromatic carbocycles. The smallest absolute Gasteiger partial charge is 0.223 e. The van der Waals surface area contributed by atoms with Crippen molar-refractivity contribution >= 4 is 5.91 Å². The minimum absolute atomic E-state index is 0.0805. The van der Waals surface area contributed by atoms with Crippen LogP contribution in [-0.2, 0) is 11.3 Å². The van der Waals surface area contributed by atoms with Crippen LogP contribution in [0.15, 0.2) is 18.2 Å². The highest BCUT2D eigenvalue weighted by Crippen LogP contribution is 2.11. The van der Waals surface area contributed by atoms with E-state index in [1.54, 1.807) is 14.1 Å². The third-order valence-electron chi connectivity index (χ3n) is 2.44. The molecule has 1 N–H and O–H groups in total. The van der Waals surface area contributed by atoms with Gasteiger partial charge in [0.05, 0.1) is 0 Å². The van der Waals surface area contributed by atoms with Crippen LogP contribution in [0.4, 0.5) is 8.78 Å². The molecule has 1 aromatic rings. The van der Waals surface area contributed by atoms with Gasteiger partial charge in [0.25, 0.3) is 0 Å². The largest absolute Gasteiger partial charge is 0.341 e. The Morgan fingerprint density at radius 2 is 2.12 bits per heavy atom. The van der Waals surface area contributed by atoms with E-state index >= 15 is 0 Å². The van der Waals surface area contributed by atoms with E-state index in [1.807, 2.05) is 0 Å². The summed E-state index contributed by atoms with van der Waals surface area (Å²) >= 11 is 0. The number of carbonyl (C=O) groups is 1. The van der Waals surface area contributed by atoms with Gasteiger partial charge in [-0.1, -0.05) is 6.07 Å². The highest BCUT2D eigenvalue weighted by Gasteiger charge is 2.11. The third-order valence-corrected chi connectivity index (χ3v) is 2.44. The van der Waals surface area contributed by atoms with E-state index in [9.17, 15) is 13.6 Å². The Kier molecular flexibility index (Phi) is 5.03. The van der Waals surface area contributed by atoms with Crippen LogP contribution in [0.3, 0.4) is 0 Å². The molecule has 17 heavy (non-hydrogen) atoms. The molecule has 1 rings (SSSR count). The molecule has 3 nitrogen and oxygen atoms in total. The lowest BCUT2D eigenvalue weighted by atomic mass is 10.2. The maximum Gasteiger partial charge on any atom is 0.223 e. The Hall–Kier alpha value is -1.49. The number of hydrogen-bond donors (Lipinski definition) is 1. The summed E-state index contributed by atoms with van der Waals surface area (Å²) in [6, 6.07) is 3.36. The van der Waals surface area contributed by atoms with Gasteiger partial charge in [0, 0.05) is 38.2 Å². The van der Waals surface area contributed by atoms with Crippen molar-refractivity contribution in [2.75, 3.05) is 20.6 Å².